The summed E-state index contributed by atoms with van der Waals surface area (Å²) in [4.78, 5) is 6.37. The lowest BCUT2D eigenvalue weighted by molar-refractivity contribution is 0.309. The maximum absolute atomic E-state index is 13.6. The predicted octanol–water partition coefficient (Wildman–Crippen LogP) is 3.25. The molecule has 2 heterocycles. The first-order valence-electron chi connectivity index (χ1n) is 7.54. The molecule has 1 aliphatic heterocycles. The Bertz CT molecular complexity index is 674. The van der Waals surface area contributed by atoms with Crippen molar-refractivity contribution in [2.45, 2.75) is 38.9 Å². The van der Waals surface area contributed by atoms with E-state index in [9.17, 15) is 4.39 Å². The molecule has 0 radical (unpaired) electrons. The molecular weight excluding hydrogens is 265 g/mol. The smallest absolute Gasteiger partial charge is 0.123 e. The second-order valence-electron chi connectivity index (χ2n) is 6.05. The molecule has 0 aliphatic carbocycles. The first-order valence-corrected chi connectivity index (χ1v) is 7.54. The summed E-state index contributed by atoms with van der Waals surface area (Å²) in [5.74, 6) is -0.156. The third kappa shape index (κ3) is 2.60. The summed E-state index contributed by atoms with van der Waals surface area (Å²) in [5.41, 5.74) is 3.80. The molecule has 1 atom stereocenters. The zero-order chi connectivity index (χ0) is 15.0. The van der Waals surface area contributed by atoms with Gasteiger partial charge in [-0.15, -0.1) is 0 Å². The Labute approximate surface area is 125 Å². The summed E-state index contributed by atoms with van der Waals surface area (Å²) in [6.07, 6.45) is 1.99. The molecule has 0 fully saturated rings. The van der Waals surface area contributed by atoms with Crippen molar-refractivity contribution in [1.82, 2.24) is 9.47 Å². The van der Waals surface area contributed by atoms with E-state index in [1.54, 1.807) is 12.1 Å². The minimum absolute atomic E-state index is 0.156. The number of aromatic nitrogens is 1. The van der Waals surface area contributed by atoms with Crippen molar-refractivity contribution in [3.05, 3.63) is 35.3 Å². The van der Waals surface area contributed by atoms with Crippen LogP contribution in [0.1, 0.15) is 24.6 Å². The molecule has 21 heavy (non-hydrogen) atoms. The molecule has 2 aromatic rings. The molecule has 0 N–H and O–H groups in total. The first-order chi connectivity index (χ1) is 10.1. The van der Waals surface area contributed by atoms with Gasteiger partial charge in [0.15, 0.2) is 0 Å². The third-order valence-electron chi connectivity index (χ3n) is 4.49. The van der Waals surface area contributed by atoms with Crippen LogP contribution in [0, 0.1) is 5.82 Å². The highest BCUT2D eigenvalue weighted by Crippen LogP contribution is 2.31. The normalized spacial score (nSPS) is 16.9. The Morgan fingerprint density at radius 1 is 1.43 bits per heavy atom. The summed E-state index contributed by atoms with van der Waals surface area (Å²) in [6, 6.07) is 5.40. The molecule has 1 aromatic carbocycles. The Balaban J connectivity index is 2.08. The Hall–Kier alpha value is -1.68. The Morgan fingerprint density at radius 3 is 3.00 bits per heavy atom. The number of fused-ring (bicyclic) bond motifs is 3. The van der Waals surface area contributed by atoms with Gasteiger partial charge in [0.05, 0.1) is 0 Å². The number of hydrogen-bond donors (Lipinski definition) is 0. The van der Waals surface area contributed by atoms with Crippen LogP contribution in [-0.2, 0) is 19.5 Å². The standard InChI is InChI=1S/C17H22FN3/c1-12(19-2)6-9-21-16-5-4-13(18)10-14(16)15-11-20(3)8-7-17(15)21/h4-5,10,12H,2,6-9,11H2,1,3H3. The fourth-order valence-electron chi connectivity index (χ4n) is 3.22. The van der Waals surface area contributed by atoms with Gasteiger partial charge in [0.2, 0.25) is 0 Å². The highest BCUT2D eigenvalue weighted by Gasteiger charge is 2.22. The number of hydrogen-bond acceptors (Lipinski definition) is 2. The van der Waals surface area contributed by atoms with E-state index in [2.05, 4.69) is 35.1 Å². The molecule has 0 saturated carbocycles. The molecule has 0 bridgehead atoms. The largest absolute Gasteiger partial charge is 0.344 e. The molecule has 0 saturated heterocycles. The maximum atomic E-state index is 13.6. The predicted molar refractivity (Wildman–Crippen MR) is 85.6 cm³/mol. The highest BCUT2D eigenvalue weighted by atomic mass is 19.1. The molecule has 3 nitrogen and oxygen atoms in total. The number of aryl methyl sites for hydroxylation is 1. The molecule has 1 aromatic heterocycles. The fourth-order valence-corrected chi connectivity index (χ4v) is 3.22. The quantitative estimate of drug-likeness (QED) is 0.791. The molecule has 1 aliphatic rings. The van der Waals surface area contributed by atoms with Crippen molar-refractivity contribution in [3.8, 4) is 0 Å². The number of likely N-dealkylation sites (N-methyl/N-ethyl adjacent to an activating group) is 1. The molecule has 3 rings (SSSR count). The van der Waals surface area contributed by atoms with Gasteiger partial charge in [0.1, 0.15) is 5.82 Å². The van der Waals surface area contributed by atoms with E-state index in [1.807, 2.05) is 6.07 Å². The van der Waals surface area contributed by atoms with Crippen LogP contribution in [0.5, 0.6) is 0 Å². The van der Waals surface area contributed by atoms with Crippen LogP contribution in [-0.4, -0.2) is 35.8 Å². The maximum Gasteiger partial charge on any atom is 0.123 e. The van der Waals surface area contributed by atoms with E-state index in [-0.39, 0.29) is 11.9 Å². The monoisotopic (exact) mass is 287 g/mol. The zero-order valence-corrected chi connectivity index (χ0v) is 12.8. The van der Waals surface area contributed by atoms with Gasteiger partial charge in [-0.1, -0.05) is 0 Å². The van der Waals surface area contributed by atoms with Crippen LogP contribution < -0.4 is 0 Å². The SMILES string of the molecule is C=NC(C)CCn1c2c(c3cc(F)ccc31)CN(C)CC2. The van der Waals surface area contributed by atoms with Crippen molar-refractivity contribution in [3.63, 3.8) is 0 Å². The average molecular weight is 287 g/mol. The Morgan fingerprint density at radius 2 is 2.24 bits per heavy atom. The summed E-state index contributed by atoms with van der Waals surface area (Å²) in [6.45, 7) is 8.57. The average Bonchev–Trinajstić information content (AvgIpc) is 2.77. The van der Waals surface area contributed by atoms with Crippen LogP contribution >= 0.6 is 0 Å². The number of aliphatic imine (C=N–C) groups is 1. The second-order valence-corrected chi connectivity index (χ2v) is 6.05. The van der Waals surface area contributed by atoms with Crippen LogP contribution in [0.4, 0.5) is 4.39 Å². The topological polar surface area (TPSA) is 20.5 Å². The van der Waals surface area contributed by atoms with Gasteiger partial charge in [-0.2, -0.15) is 0 Å². The Kier molecular flexibility index (Phi) is 3.81. The van der Waals surface area contributed by atoms with E-state index < -0.39 is 0 Å². The fraction of sp³-hybridized carbons (Fsp3) is 0.471. The molecule has 0 spiro atoms. The number of nitrogens with zero attached hydrogens (tertiary/aromatic N) is 3. The summed E-state index contributed by atoms with van der Waals surface area (Å²) in [5, 5.41) is 1.07. The van der Waals surface area contributed by atoms with E-state index in [4.69, 9.17) is 0 Å². The van der Waals surface area contributed by atoms with E-state index >= 15 is 0 Å². The van der Waals surface area contributed by atoms with Gasteiger partial charge in [-0.25, -0.2) is 4.39 Å². The molecule has 0 amide bonds. The lowest BCUT2D eigenvalue weighted by Gasteiger charge is -2.24. The van der Waals surface area contributed by atoms with Gasteiger partial charge in [-0.05, 0) is 50.9 Å². The third-order valence-corrected chi connectivity index (χ3v) is 4.49. The van der Waals surface area contributed by atoms with Crippen molar-refractivity contribution < 1.29 is 4.39 Å². The lowest BCUT2D eigenvalue weighted by Crippen LogP contribution is -2.27. The highest BCUT2D eigenvalue weighted by molar-refractivity contribution is 5.86. The van der Waals surface area contributed by atoms with Crippen LogP contribution in [0.15, 0.2) is 23.2 Å². The molecule has 1 unspecified atom stereocenters. The van der Waals surface area contributed by atoms with E-state index in [0.717, 1.165) is 43.4 Å². The van der Waals surface area contributed by atoms with Gasteiger partial charge >= 0.3 is 0 Å². The first kappa shape index (κ1) is 14.3. The second kappa shape index (κ2) is 5.60. The van der Waals surface area contributed by atoms with E-state index in [0.29, 0.717) is 0 Å². The van der Waals surface area contributed by atoms with Gasteiger partial charge in [-0.3, -0.25) is 4.99 Å². The molecule has 4 heteroatoms. The van der Waals surface area contributed by atoms with Gasteiger partial charge in [0.25, 0.3) is 0 Å². The van der Waals surface area contributed by atoms with Crippen molar-refractivity contribution in [2.75, 3.05) is 13.6 Å². The van der Waals surface area contributed by atoms with Crippen LogP contribution in [0.2, 0.25) is 0 Å². The zero-order valence-electron chi connectivity index (χ0n) is 12.8. The van der Waals surface area contributed by atoms with E-state index in [1.165, 1.54) is 11.3 Å². The van der Waals surface area contributed by atoms with Crippen molar-refractivity contribution >= 4 is 17.6 Å². The number of halogens is 1. The summed E-state index contributed by atoms with van der Waals surface area (Å²) >= 11 is 0. The van der Waals surface area contributed by atoms with Crippen LogP contribution in [0.3, 0.4) is 0 Å². The van der Waals surface area contributed by atoms with Gasteiger partial charge in [0, 0.05) is 48.7 Å². The molecular formula is C17H22FN3. The summed E-state index contributed by atoms with van der Waals surface area (Å²) in [7, 11) is 2.12. The number of rotatable bonds is 4. The van der Waals surface area contributed by atoms with Gasteiger partial charge < -0.3 is 9.47 Å². The van der Waals surface area contributed by atoms with Crippen LogP contribution in [0.25, 0.3) is 10.9 Å². The summed E-state index contributed by atoms with van der Waals surface area (Å²) < 4.78 is 16.0. The molecule has 112 valence electrons. The van der Waals surface area contributed by atoms with Crippen molar-refractivity contribution in [1.29, 1.82) is 0 Å². The lowest BCUT2D eigenvalue weighted by atomic mass is 10.0. The number of benzene rings is 1. The van der Waals surface area contributed by atoms with Crippen molar-refractivity contribution in [2.24, 2.45) is 4.99 Å². The minimum atomic E-state index is -0.156. The minimum Gasteiger partial charge on any atom is -0.344 e.